The van der Waals surface area contributed by atoms with Crippen LogP contribution in [-0.4, -0.2) is 41.0 Å². The zero-order chi connectivity index (χ0) is 18.7. The lowest BCUT2D eigenvalue weighted by molar-refractivity contribution is -0.128. The van der Waals surface area contributed by atoms with Crippen LogP contribution in [-0.2, 0) is 11.3 Å². The SMILES string of the molecule is CCN(Cc1ccccc1)CN1C(=O)[C@H](C)N(c2ccc(C)cc2)C1=O. The average Bonchev–Trinajstić information content (AvgIpc) is 2.86. The number of aryl methyl sites for hydroxylation is 1. The number of carbonyl (C=O) groups excluding carboxylic acids is 2. The van der Waals surface area contributed by atoms with Crippen molar-refractivity contribution in [2.75, 3.05) is 18.1 Å². The number of carbonyl (C=O) groups is 2. The maximum absolute atomic E-state index is 12.9. The number of hydrogen-bond acceptors (Lipinski definition) is 3. The first-order valence-electron chi connectivity index (χ1n) is 8.98. The maximum atomic E-state index is 12.9. The monoisotopic (exact) mass is 351 g/mol. The van der Waals surface area contributed by atoms with Crippen molar-refractivity contribution in [1.82, 2.24) is 9.80 Å². The highest BCUT2D eigenvalue weighted by Crippen LogP contribution is 2.26. The highest BCUT2D eigenvalue weighted by molar-refractivity contribution is 6.14. The number of benzene rings is 2. The van der Waals surface area contributed by atoms with Crippen molar-refractivity contribution in [3.05, 3.63) is 65.7 Å². The van der Waals surface area contributed by atoms with Gasteiger partial charge in [0.15, 0.2) is 0 Å². The van der Waals surface area contributed by atoms with Gasteiger partial charge >= 0.3 is 6.03 Å². The summed E-state index contributed by atoms with van der Waals surface area (Å²) < 4.78 is 0. The van der Waals surface area contributed by atoms with Crippen molar-refractivity contribution < 1.29 is 9.59 Å². The fourth-order valence-corrected chi connectivity index (χ4v) is 3.20. The van der Waals surface area contributed by atoms with Gasteiger partial charge in [0.25, 0.3) is 5.91 Å². The first-order valence-corrected chi connectivity index (χ1v) is 8.98. The van der Waals surface area contributed by atoms with Gasteiger partial charge in [-0.05, 0) is 38.1 Å². The van der Waals surface area contributed by atoms with Crippen molar-refractivity contribution in [3.8, 4) is 0 Å². The molecule has 3 amide bonds. The van der Waals surface area contributed by atoms with Crippen LogP contribution in [0.3, 0.4) is 0 Å². The summed E-state index contributed by atoms with van der Waals surface area (Å²) in [4.78, 5) is 30.7. The van der Waals surface area contributed by atoms with Crippen LogP contribution in [0.2, 0.25) is 0 Å². The lowest BCUT2D eigenvalue weighted by atomic mass is 10.2. The molecule has 2 aromatic rings. The summed E-state index contributed by atoms with van der Waals surface area (Å²) in [5.41, 5.74) is 3.04. The van der Waals surface area contributed by atoms with E-state index in [2.05, 4.69) is 17.0 Å². The van der Waals surface area contributed by atoms with Crippen LogP contribution >= 0.6 is 0 Å². The highest BCUT2D eigenvalue weighted by Gasteiger charge is 2.43. The molecule has 0 N–H and O–H groups in total. The second-order valence-electron chi connectivity index (χ2n) is 6.70. The summed E-state index contributed by atoms with van der Waals surface area (Å²) >= 11 is 0. The molecule has 1 saturated heterocycles. The van der Waals surface area contributed by atoms with Crippen molar-refractivity contribution in [3.63, 3.8) is 0 Å². The molecule has 0 aromatic heterocycles. The molecule has 136 valence electrons. The molecule has 1 heterocycles. The van der Waals surface area contributed by atoms with Crippen molar-refractivity contribution in [1.29, 1.82) is 0 Å². The lowest BCUT2D eigenvalue weighted by Crippen LogP contribution is -2.42. The largest absolute Gasteiger partial charge is 0.333 e. The Labute approximate surface area is 154 Å². The van der Waals surface area contributed by atoms with Crippen molar-refractivity contribution in [2.45, 2.75) is 33.4 Å². The molecule has 3 rings (SSSR count). The van der Waals surface area contributed by atoms with Crippen LogP contribution in [0.1, 0.15) is 25.0 Å². The third kappa shape index (κ3) is 3.63. The van der Waals surface area contributed by atoms with E-state index in [1.807, 2.05) is 56.3 Å². The first kappa shape index (κ1) is 18.1. The Bertz CT molecular complexity index is 774. The smallest absolute Gasteiger partial charge is 0.282 e. The molecule has 0 spiro atoms. The number of imide groups is 1. The molecule has 1 fully saturated rings. The minimum Gasteiger partial charge on any atom is -0.282 e. The number of nitrogens with zero attached hydrogens (tertiary/aromatic N) is 3. The van der Waals surface area contributed by atoms with Crippen molar-refractivity contribution in [2.24, 2.45) is 0 Å². The molecule has 26 heavy (non-hydrogen) atoms. The van der Waals surface area contributed by atoms with Crippen LogP contribution in [0, 0.1) is 6.92 Å². The Morgan fingerprint density at radius 3 is 2.27 bits per heavy atom. The zero-order valence-electron chi connectivity index (χ0n) is 15.6. The summed E-state index contributed by atoms with van der Waals surface area (Å²) in [6.07, 6.45) is 0. The van der Waals surface area contributed by atoms with Gasteiger partial charge in [-0.3, -0.25) is 14.6 Å². The molecule has 1 atom stereocenters. The minimum atomic E-state index is -0.486. The molecule has 2 aromatic carbocycles. The Hall–Kier alpha value is -2.66. The second-order valence-corrected chi connectivity index (χ2v) is 6.70. The molecule has 1 aliphatic heterocycles. The van der Waals surface area contributed by atoms with Gasteiger partial charge in [-0.2, -0.15) is 0 Å². The van der Waals surface area contributed by atoms with E-state index in [1.54, 1.807) is 11.8 Å². The molecule has 0 bridgehead atoms. The molecule has 0 saturated carbocycles. The van der Waals surface area contributed by atoms with Crippen molar-refractivity contribution >= 4 is 17.6 Å². The van der Waals surface area contributed by atoms with Gasteiger partial charge in [-0.1, -0.05) is 55.0 Å². The fourth-order valence-electron chi connectivity index (χ4n) is 3.20. The van der Waals surface area contributed by atoms with Crippen LogP contribution in [0.25, 0.3) is 0 Å². The van der Waals surface area contributed by atoms with E-state index in [4.69, 9.17) is 0 Å². The molecule has 0 aliphatic carbocycles. The normalized spacial score (nSPS) is 17.5. The second kappa shape index (κ2) is 7.70. The van der Waals surface area contributed by atoms with E-state index in [9.17, 15) is 9.59 Å². The van der Waals surface area contributed by atoms with E-state index in [-0.39, 0.29) is 11.9 Å². The van der Waals surface area contributed by atoms with Gasteiger partial charge < -0.3 is 0 Å². The van der Waals surface area contributed by atoms with E-state index < -0.39 is 6.04 Å². The van der Waals surface area contributed by atoms with Crippen LogP contribution in [0.4, 0.5) is 10.5 Å². The zero-order valence-corrected chi connectivity index (χ0v) is 15.6. The number of rotatable bonds is 6. The van der Waals surface area contributed by atoms with Gasteiger partial charge in [0.1, 0.15) is 6.04 Å². The fraction of sp³-hybridized carbons (Fsp3) is 0.333. The third-order valence-corrected chi connectivity index (χ3v) is 4.80. The van der Waals surface area contributed by atoms with Gasteiger partial charge in [0.2, 0.25) is 0 Å². The molecular formula is C21H25N3O2. The van der Waals surface area contributed by atoms with E-state index in [1.165, 1.54) is 4.90 Å². The Kier molecular flexibility index (Phi) is 5.38. The molecule has 0 radical (unpaired) electrons. The molecular weight excluding hydrogens is 326 g/mol. The van der Waals surface area contributed by atoms with Gasteiger partial charge in [0.05, 0.1) is 6.67 Å². The number of hydrogen-bond donors (Lipinski definition) is 0. The molecule has 0 unspecified atom stereocenters. The summed E-state index contributed by atoms with van der Waals surface area (Å²) in [6, 6.07) is 17.0. The Morgan fingerprint density at radius 2 is 1.65 bits per heavy atom. The quantitative estimate of drug-likeness (QED) is 0.747. The predicted molar refractivity (Wildman–Crippen MR) is 103 cm³/mol. The molecule has 1 aliphatic rings. The van der Waals surface area contributed by atoms with E-state index >= 15 is 0 Å². The first-order chi connectivity index (χ1) is 12.5. The highest BCUT2D eigenvalue weighted by atomic mass is 16.2. The number of urea groups is 1. The van der Waals surface area contributed by atoms with E-state index in [0.29, 0.717) is 13.2 Å². The topological polar surface area (TPSA) is 43.9 Å². The minimum absolute atomic E-state index is 0.151. The lowest BCUT2D eigenvalue weighted by Gasteiger charge is -2.25. The van der Waals surface area contributed by atoms with Gasteiger partial charge in [-0.25, -0.2) is 9.69 Å². The van der Waals surface area contributed by atoms with Gasteiger partial charge in [-0.15, -0.1) is 0 Å². The summed E-state index contributed by atoms with van der Waals surface area (Å²) in [7, 11) is 0. The third-order valence-electron chi connectivity index (χ3n) is 4.80. The molecule has 5 heteroatoms. The number of amides is 3. The summed E-state index contributed by atoms with van der Waals surface area (Å²) in [5, 5.41) is 0. The van der Waals surface area contributed by atoms with Crippen LogP contribution in [0.5, 0.6) is 0 Å². The standard InChI is InChI=1S/C21H25N3O2/c1-4-22(14-18-8-6-5-7-9-18)15-23-20(25)17(3)24(21(23)26)19-12-10-16(2)11-13-19/h5-13,17H,4,14-15H2,1-3H3/t17-/m0/s1. The van der Waals surface area contributed by atoms with Crippen LogP contribution in [0.15, 0.2) is 54.6 Å². The van der Waals surface area contributed by atoms with Gasteiger partial charge in [0, 0.05) is 12.2 Å². The van der Waals surface area contributed by atoms with Crippen LogP contribution < -0.4 is 4.90 Å². The summed E-state index contributed by atoms with van der Waals surface area (Å²) in [6.45, 7) is 7.58. The summed E-state index contributed by atoms with van der Waals surface area (Å²) in [5.74, 6) is -0.151. The Balaban J connectivity index is 1.76. The van der Waals surface area contributed by atoms with E-state index in [0.717, 1.165) is 23.4 Å². The Morgan fingerprint density at radius 1 is 1.00 bits per heavy atom. The predicted octanol–water partition coefficient (Wildman–Crippen LogP) is 3.63. The average molecular weight is 351 g/mol. The maximum Gasteiger partial charge on any atom is 0.333 e. The molecule has 5 nitrogen and oxygen atoms in total. The number of anilines is 1.